The van der Waals surface area contributed by atoms with Crippen LogP contribution >= 0.6 is 0 Å². The number of aliphatic hydroxyl groups excluding tert-OH is 1. The van der Waals surface area contributed by atoms with Crippen LogP contribution in [0.15, 0.2) is 23.8 Å². The minimum Gasteiger partial charge on any atom is -0.481 e. The summed E-state index contributed by atoms with van der Waals surface area (Å²) in [6, 6.07) is 0. The van der Waals surface area contributed by atoms with E-state index >= 15 is 0 Å². The fraction of sp³-hybridized carbons (Fsp3) is 0.800. The molecule has 0 aromatic heterocycles. The van der Waals surface area contributed by atoms with E-state index in [2.05, 4.69) is 25.2 Å². The second kappa shape index (κ2) is 13.2. The van der Waals surface area contributed by atoms with Crippen molar-refractivity contribution in [2.24, 2.45) is 17.8 Å². The molecule has 160 valence electrons. The van der Waals surface area contributed by atoms with Gasteiger partial charge in [-0.05, 0) is 56.8 Å². The van der Waals surface area contributed by atoms with Crippen LogP contribution < -0.4 is 0 Å². The number of allylic oxidation sites excluding steroid dienone is 3. The standard InChI is InChI=1S/C25H42O3/c1-2-3-4-5-6-7-8-9-10-11-15-22-23-18-20(14-12-13-16-25(27)28)17-21(23)19-24(22)26/h11,15,17,21-24,26H,2-10,12-14,16,18-19H2,1H3,(H,27,28)/b15-11+/t21-,22+,23-,24+/m0/s1. The molecule has 0 bridgehead atoms. The number of fused-ring (bicyclic) bond motifs is 1. The van der Waals surface area contributed by atoms with Gasteiger partial charge >= 0.3 is 5.97 Å². The molecule has 0 heterocycles. The lowest BCUT2D eigenvalue weighted by atomic mass is 9.88. The molecule has 4 atom stereocenters. The molecule has 0 radical (unpaired) electrons. The number of carboxylic acids is 1. The van der Waals surface area contributed by atoms with E-state index in [0.29, 0.717) is 17.8 Å². The molecule has 1 saturated carbocycles. The van der Waals surface area contributed by atoms with E-state index in [-0.39, 0.29) is 12.5 Å². The van der Waals surface area contributed by atoms with Gasteiger partial charge in [-0.15, -0.1) is 0 Å². The summed E-state index contributed by atoms with van der Waals surface area (Å²) >= 11 is 0. The Morgan fingerprint density at radius 3 is 2.50 bits per heavy atom. The quantitative estimate of drug-likeness (QED) is 0.243. The van der Waals surface area contributed by atoms with Crippen LogP contribution in [0, 0.1) is 17.8 Å². The average Bonchev–Trinajstić information content (AvgIpc) is 3.17. The summed E-state index contributed by atoms with van der Waals surface area (Å²) in [5.41, 5.74) is 1.49. The van der Waals surface area contributed by atoms with Crippen molar-refractivity contribution in [1.29, 1.82) is 0 Å². The van der Waals surface area contributed by atoms with Crippen LogP contribution in [0.25, 0.3) is 0 Å². The zero-order valence-corrected chi connectivity index (χ0v) is 18.0. The van der Waals surface area contributed by atoms with E-state index in [1.54, 1.807) is 0 Å². The van der Waals surface area contributed by atoms with Crippen LogP contribution in [0.4, 0.5) is 0 Å². The maximum atomic E-state index is 10.6. The molecule has 3 heteroatoms. The van der Waals surface area contributed by atoms with E-state index < -0.39 is 5.97 Å². The highest BCUT2D eigenvalue weighted by Gasteiger charge is 2.42. The summed E-state index contributed by atoms with van der Waals surface area (Å²) in [5, 5.41) is 19.2. The average molecular weight is 391 g/mol. The fourth-order valence-electron chi connectivity index (χ4n) is 5.07. The number of carbonyl (C=O) groups is 1. The van der Waals surface area contributed by atoms with Crippen LogP contribution in [-0.4, -0.2) is 22.3 Å². The lowest BCUT2D eigenvalue weighted by Crippen LogP contribution is -2.17. The second-order valence-electron chi connectivity index (χ2n) is 9.03. The maximum Gasteiger partial charge on any atom is 0.303 e. The second-order valence-corrected chi connectivity index (χ2v) is 9.03. The van der Waals surface area contributed by atoms with Crippen molar-refractivity contribution in [2.45, 2.75) is 109 Å². The van der Waals surface area contributed by atoms with E-state index in [4.69, 9.17) is 5.11 Å². The van der Waals surface area contributed by atoms with Crippen molar-refractivity contribution in [3.8, 4) is 0 Å². The molecule has 0 aromatic rings. The van der Waals surface area contributed by atoms with Gasteiger partial charge in [0.1, 0.15) is 0 Å². The van der Waals surface area contributed by atoms with Gasteiger partial charge in [0, 0.05) is 12.3 Å². The van der Waals surface area contributed by atoms with Crippen LogP contribution in [0.2, 0.25) is 0 Å². The molecule has 0 aromatic carbocycles. The molecule has 0 saturated heterocycles. The first kappa shape index (κ1) is 23.2. The van der Waals surface area contributed by atoms with Gasteiger partial charge in [-0.3, -0.25) is 4.79 Å². The first-order valence-electron chi connectivity index (χ1n) is 11.9. The molecular formula is C25H42O3. The Kier molecular flexibility index (Phi) is 10.9. The normalized spacial score (nSPS) is 26.7. The van der Waals surface area contributed by atoms with Crippen LogP contribution in [0.1, 0.15) is 103 Å². The number of hydrogen-bond acceptors (Lipinski definition) is 2. The predicted molar refractivity (Wildman–Crippen MR) is 116 cm³/mol. The molecule has 28 heavy (non-hydrogen) atoms. The minimum atomic E-state index is -0.693. The topological polar surface area (TPSA) is 57.5 Å². The third kappa shape index (κ3) is 8.11. The summed E-state index contributed by atoms with van der Waals surface area (Å²) in [4.78, 5) is 10.6. The largest absolute Gasteiger partial charge is 0.481 e. The van der Waals surface area contributed by atoms with Gasteiger partial charge in [0.25, 0.3) is 0 Å². The molecule has 0 spiro atoms. The number of aliphatic hydroxyl groups is 1. The third-order valence-corrected chi connectivity index (χ3v) is 6.67. The van der Waals surface area contributed by atoms with Gasteiger partial charge in [0.05, 0.1) is 6.10 Å². The molecule has 1 fully saturated rings. The predicted octanol–water partition coefficient (Wildman–Crippen LogP) is 6.66. The Morgan fingerprint density at radius 1 is 1.07 bits per heavy atom. The first-order chi connectivity index (χ1) is 13.6. The lowest BCUT2D eigenvalue weighted by Gasteiger charge is -2.18. The highest BCUT2D eigenvalue weighted by Crippen LogP contribution is 2.48. The molecule has 0 amide bonds. The molecular weight excluding hydrogens is 348 g/mol. The van der Waals surface area contributed by atoms with Crippen molar-refractivity contribution in [1.82, 2.24) is 0 Å². The molecule has 2 rings (SSSR count). The lowest BCUT2D eigenvalue weighted by molar-refractivity contribution is -0.137. The first-order valence-corrected chi connectivity index (χ1v) is 11.9. The van der Waals surface area contributed by atoms with Crippen LogP contribution in [0.3, 0.4) is 0 Å². The summed E-state index contributed by atoms with van der Waals surface area (Å²) < 4.78 is 0. The van der Waals surface area contributed by atoms with Crippen molar-refractivity contribution in [2.75, 3.05) is 0 Å². The van der Waals surface area contributed by atoms with E-state index in [0.717, 1.165) is 38.5 Å². The van der Waals surface area contributed by atoms with Crippen LogP contribution in [0.5, 0.6) is 0 Å². The monoisotopic (exact) mass is 390 g/mol. The number of carboxylic acid groups (broad SMARTS) is 1. The SMILES string of the molecule is CCCCCCCCCC/C=C/[C@@H]1[C@H]2CC(CCCCC(=O)O)=C[C@H]2C[C@H]1O. The van der Waals surface area contributed by atoms with Gasteiger partial charge in [-0.25, -0.2) is 0 Å². The van der Waals surface area contributed by atoms with Gasteiger partial charge in [-0.1, -0.05) is 75.7 Å². The van der Waals surface area contributed by atoms with Crippen molar-refractivity contribution in [3.63, 3.8) is 0 Å². The summed E-state index contributed by atoms with van der Waals surface area (Å²) in [5.74, 6) is 0.718. The molecule has 2 N–H and O–H groups in total. The van der Waals surface area contributed by atoms with Gasteiger partial charge < -0.3 is 10.2 Å². The molecule has 2 aliphatic carbocycles. The van der Waals surface area contributed by atoms with Crippen molar-refractivity contribution < 1.29 is 15.0 Å². The third-order valence-electron chi connectivity index (χ3n) is 6.67. The Balaban J connectivity index is 1.60. The molecule has 0 aliphatic heterocycles. The summed E-state index contributed by atoms with van der Waals surface area (Å²) in [7, 11) is 0. The number of rotatable bonds is 15. The molecule has 2 aliphatic rings. The van der Waals surface area contributed by atoms with Crippen LogP contribution in [-0.2, 0) is 4.79 Å². The number of unbranched alkanes of at least 4 members (excludes halogenated alkanes) is 9. The number of aliphatic carboxylic acids is 1. The van der Waals surface area contributed by atoms with Gasteiger partial charge in [-0.2, -0.15) is 0 Å². The zero-order valence-electron chi connectivity index (χ0n) is 18.0. The Labute approximate surface area is 172 Å². The zero-order chi connectivity index (χ0) is 20.2. The smallest absolute Gasteiger partial charge is 0.303 e. The van der Waals surface area contributed by atoms with Crippen molar-refractivity contribution in [3.05, 3.63) is 23.8 Å². The van der Waals surface area contributed by atoms with Gasteiger partial charge in [0.2, 0.25) is 0 Å². The Hall–Kier alpha value is -1.09. The minimum absolute atomic E-state index is 0.186. The fourth-order valence-corrected chi connectivity index (χ4v) is 5.07. The Morgan fingerprint density at radius 2 is 1.79 bits per heavy atom. The highest BCUT2D eigenvalue weighted by atomic mass is 16.4. The van der Waals surface area contributed by atoms with Gasteiger partial charge in [0.15, 0.2) is 0 Å². The number of hydrogen-bond donors (Lipinski definition) is 2. The molecule has 3 nitrogen and oxygen atoms in total. The summed E-state index contributed by atoms with van der Waals surface area (Å²) in [6.45, 7) is 2.26. The van der Waals surface area contributed by atoms with E-state index in [1.807, 2.05) is 0 Å². The maximum absolute atomic E-state index is 10.6. The van der Waals surface area contributed by atoms with E-state index in [9.17, 15) is 9.90 Å². The molecule has 0 unspecified atom stereocenters. The highest BCUT2D eigenvalue weighted by molar-refractivity contribution is 5.66. The Bertz CT molecular complexity index is 508. The van der Waals surface area contributed by atoms with E-state index in [1.165, 1.54) is 56.9 Å². The van der Waals surface area contributed by atoms with Crippen molar-refractivity contribution >= 4 is 5.97 Å². The summed E-state index contributed by atoms with van der Waals surface area (Å²) in [6.07, 6.45) is 23.9.